The molecule has 1 aliphatic rings. The molecule has 1 amide bonds. The highest BCUT2D eigenvalue weighted by atomic mass is 16.5. The zero-order valence-electron chi connectivity index (χ0n) is 16.6. The largest absolute Gasteiger partial charge is 0.491 e. The minimum atomic E-state index is -0.0293. The van der Waals surface area contributed by atoms with Gasteiger partial charge in [0, 0.05) is 24.7 Å². The first-order valence-corrected chi connectivity index (χ1v) is 10.3. The van der Waals surface area contributed by atoms with Crippen LogP contribution in [-0.2, 0) is 11.3 Å². The number of hydrogen-bond acceptors (Lipinski definition) is 4. The van der Waals surface area contributed by atoms with Gasteiger partial charge < -0.3 is 10.1 Å². The molecule has 1 saturated heterocycles. The van der Waals surface area contributed by atoms with Crippen molar-refractivity contribution in [2.24, 2.45) is 0 Å². The van der Waals surface area contributed by atoms with E-state index in [1.54, 1.807) is 6.20 Å². The molecule has 1 atom stereocenters. The highest BCUT2D eigenvalue weighted by Crippen LogP contribution is 2.23. The second kappa shape index (κ2) is 9.52. The summed E-state index contributed by atoms with van der Waals surface area (Å²) < 4.78 is 5.90. The number of hydrogen-bond donors (Lipinski definition) is 1. The Morgan fingerprint density at radius 1 is 1.10 bits per heavy atom. The Morgan fingerprint density at radius 2 is 1.97 bits per heavy atom. The van der Waals surface area contributed by atoms with Gasteiger partial charge in [-0.05, 0) is 43.5 Å². The Hall–Kier alpha value is -2.92. The first-order valence-electron chi connectivity index (χ1n) is 10.3. The standard InChI is InChI=1S/C24H27N3O2/c28-24(21-12-6-16-27(21)18-19-8-2-1-3-9-19)26-15-7-17-29-22-13-4-10-20-11-5-14-25-23(20)22/h1-5,8-11,13-14,21H,6-7,12,15-18H2,(H,26,28). The van der Waals surface area contributed by atoms with Gasteiger partial charge in [0.25, 0.3) is 0 Å². The number of likely N-dealkylation sites (tertiary alicyclic amines) is 1. The highest BCUT2D eigenvalue weighted by Gasteiger charge is 2.30. The van der Waals surface area contributed by atoms with Gasteiger partial charge in [-0.2, -0.15) is 0 Å². The Morgan fingerprint density at radius 3 is 2.86 bits per heavy atom. The maximum atomic E-state index is 12.7. The number of nitrogens with one attached hydrogen (secondary N) is 1. The van der Waals surface area contributed by atoms with Crippen LogP contribution in [0.5, 0.6) is 5.75 Å². The fourth-order valence-electron chi connectivity index (χ4n) is 3.91. The molecule has 0 radical (unpaired) electrons. The molecule has 29 heavy (non-hydrogen) atoms. The molecular weight excluding hydrogens is 362 g/mol. The highest BCUT2D eigenvalue weighted by molar-refractivity contribution is 5.84. The first-order chi connectivity index (χ1) is 14.3. The number of pyridine rings is 1. The number of carbonyl (C=O) groups excluding carboxylic acids is 1. The van der Waals surface area contributed by atoms with Crippen LogP contribution in [0, 0.1) is 0 Å². The normalized spacial score (nSPS) is 16.8. The molecule has 1 aliphatic heterocycles. The third kappa shape index (κ3) is 4.93. The lowest BCUT2D eigenvalue weighted by molar-refractivity contribution is -0.125. The molecule has 0 aliphatic carbocycles. The Kier molecular flexibility index (Phi) is 6.37. The summed E-state index contributed by atoms with van der Waals surface area (Å²) >= 11 is 0. The summed E-state index contributed by atoms with van der Waals surface area (Å²) in [5.74, 6) is 0.921. The number of aromatic nitrogens is 1. The van der Waals surface area contributed by atoms with Gasteiger partial charge in [0.1, 0.15) is 11.3 Å². The Labute approximate surface area is 171 Å². The molecular formula is C24H27N3O2. The molecule has 1 aromatic heterocycles. The maximum absolute atomic E-state index is 12.7. The van der Waals surface area contributed by atoms with E-state index in [1.807, 2.05) is 48.5 Å². The molecule has 0 bridgehead atoms. The van der Waals surface area contributed by atoms with Gasteiger partial charge in [-0.3, -0.25) is 14.7 Å². The third-order valence-electron chi connectivity index (χ3n) is 5.37. The number of amides is 1. The van der Waals surface area contributed by atoms with Gasteiger partial charge in [0.2, 0.25) is 5.91 Å². The first kappa shape index (κ1) is 19.4. The van der Waals surface area contributed by atoms with Crippen LogP contribution < -0.4 is 10.1 Å². The molecule has 2 heterocycles. The predicted octanol–water partition coefficient (Wildman–Crippen LogP) is 3.78. The molecule has 0 saturated carbocycles. The average molecular weight is 389 g/mol. The van der Waals surface area contributed by atoms with Crippen molar-refractivity contribution >= 4 is 16.8 Å². The molecule has 150 valence electrons. The minimum Gasteiger partial charge on any atom is -0.491 e. The van der Waals surface area contributed by atoms with Crippen LogP contribution in [0.15, 0.2) is 66.9 Å². The van der Waals surface area contributed by atoms with E-state index in [0.717, 1.165) is 49.0 Å². The maximum Gasteiger partial charge on any atom is 0.237 e. The lowest BCUT2D eigenvalue weighted by Gasteiger charge is -2.23. The minimum absolute atomic E-state index is 0.0293. The van der Waals surface area contributed by atoms with E-state index in [1.165, 1.54) is 5.56 Å². The van der Waals surface area contributed by atoms with Crippen LogP contribution in [0.3, 0.4) is 0 Å². The molecule has 5 heteroatoms. The molecule has 5 nitrogen and oxygen atoms in total. The van der Waals surface area contributed by atoms with Crippen molar-refractivity contribution in [1.82, 2.24) is 15.2 Å². The summed E-state index contributed by atoms with van der Waals surface area (Å²) in [6.45, 7) is 2.97. The van der Waals surface area contributed by atoms with Crippen LogP contribution in [-0.4, -0.2) is 41.5 Å². The van der Waals surface area contributed by atoms with Gasteiger partial charge in [0.15, 0.2) is 0 Å². The molecule has 1 fully saturated rings. The van der Waals surface area contributed by atoms with Crippen LogP contribution >= 0.6 is 0 Å². The summed E-state index contributed by atoms with van der Waals surface area (Å²) in [7, 11) is 0. The van der Waals surface area contributed by atoms with Crippen molar-refractivity contribution < 1.29 is 9.53 Å². The second-order valence-corrected chi connectivity index (χ2v) is 7.44. The summed E-state index contributed by atoms with van der Waals surface area (Å²) in [6.07, 6.45) is 4.54. The van der Waals surface area contributed by atoms with E-state index < -0.39 is 0 Å². The number of benzene rings is 2. The summed E-state index contributed by atoms with van der Waals surface area (Å²) in [6, 6.07) is 20.2. The smallest absolute Gasteiger partial charge is 0.237 e. The van der Waals surface area contributed by atoms with Crippen molar-refractivity contribution in [3.05, 3.63) is 72.4 Å². The van der Waals surface area contributed by atoms with Gasteiger partial charge in [-0.1, -0.05) is 48.5 Å². The van der Waals surface area contributed by atoms with Crippen molar-refractivity contribution in [3.8, 4) is 5.75 Å². The molecule has 1 unspecified atom stereocenters. The number of para-hydroxylation sites is 1. The van der Waals surface area contributed by atoms with Crippen LogP contribution in [0.4, 0.5) is 0 Å². The fraction of sp³-hybridized carbons (Fsp3) is 0.333. The lowest BCUT2D eigenvalue weighted by atomic mass is 10.1. The van der Waals surface area contributed by atoms with E-state index in [0.29, 0.717) is 13.2 Å². The van der Waals surface area contributed by atoms with E-state index in [9.17, 15) is 4.79 Å². The fourth-order valence-corrected chi connectivity index (χ4v) is 3.91. The number of ether oxygens (including phenoxy) is 1. The quantitative estimate of drug-likeness (QED) is 0.596. The molecule has 3 aromatic rings. The summed E-state index contributed by atoms with van der Waals surface area (Å²) in [5.41, 5.74) is 2.13. The Bertz CT molecular complexity index is 940. The van der Waals surface area contributed by atoms with Crippen molar-refractivity contribution in [2.75, 3.05) is 19.7 Å². The van der Waals surface area contributed by atoms with Crippen molar-refractivity contribution in [2.45, 2.75) is 31.8 Å². The van der Waals surface area contributed by atoms with Gasteiger partial charge in [-0.25, -0.2) is 0 Å². The average Bonchev–Trinajstić information content (AvgIpc) is 3.22. The van der Waals surface area contributed by atoms with Crippen LogP contribution in [0.1, 0.15) is 24.8 Å². The lowest BCUT2D eigenvalue weighted by Crippen LogP contribution is -2.43. The zero-order chi connectivity index (χ0) is 19.9. The number of carbonyl (C=O) groups is 1. The van der Waals surface area contributed by atoms with Crippen molar-refractivity contribution in [3.63, 3.8) is 0 Å². The number of nitrogens with zero attached hydrogens (tertiary/aromatic N) is 2. The summed E-state index contributed by atoms with van der Waals surface area (Å²) in [4.78, 5) is 19.3. The van der Waals surface area contributed by atoms with Gasteiger partial charge >= 0.3 is 0 Å². The SMILES string of the molecule is O=C(NCCCOc1cccc2cccnc12)C1CCCN1Cc1ccccc1. The van der Waals surface area contributed by atoms with Crippen LogP contribution in [0.2, 0.25) is 0 Å². The van der Waals surface area contributed by atoms with E-state index in [-0.39, 0.29) is 11.9 Å². The van der Waals surface area contributed by atoms with Gasteiger partial charge in [-0.15, -0.1) is 0 Å². The molecule has 2 aromatic carbocycles. The van der Waals surface area contributed by atoms with E-state index >= 15 is 0 Å². The predicted molar refractivity (Wildman–Crippen MR) is 115 cm³/mol. The second-order valence-electron chi connectivity index (χ2n) is 7.44. The van der Waals surface area contributed by atoms with Crippen molar-refractivity contribution in [1.29, 1.82) is 0 Å². The van der Waals surface area contributed by atoms with Gasteiger partial charge in [0.05, 0.1) is 12.6 Å². The third-order valence-corrected chi connectivity index (χ3v) is 5.37. The zero-order valence-corrected chi connectivity index (χ0v) is 16.6. The van der Waals surface area contributed by atoms with E-state index in [2.05, 4.69) is 27.3 Å². The van der Waals surface area contributed by atoms with Crippen LogP contribution in [0.25, 0.3) is 10.9 Å². The topological polar surface area (TPSA) is 54.5 Å². The molecule has 0 spiro atoms. The summed E-state index contributed by atoms with van der Waals surface area (Å²) in [5, 5.41) is 4.16. The number of rotatable bonds is 8. The molecule has 1 N–H and O–H groups in total. The Balaban J connectivity index is 1.22. The monoisotopic (exact) mass is 389 g/mol. The molecule has 4 rings (SSSR count). The van der Waals surface area contributed by atoms with E-state index in [4.69, 9.17) is 4.74 Å². The number of fused-ring (bicyclic) bond motifs is 1.